The van der Waals surface area contributed by atoms with Crippen molar-refractivity contribution in [3.8, 4) is 5.75 Å². The van der Waals surface area contributed by atoms with Crippen LogP contribution >= 0.6 is 0 Å². The Balaban J connectivity index is 1.48. The molecule has 1 heterocycles. The molecule has 1 aliphatic heterocycles. The van der Waals surface area contributed by atoms with E-state index in [1.807, 2.05) is 27.0 Å². The van der Waals surface area contributed by atoms with Gasteiger partial charge in [-0.05, 0) is 66.0 Å². The summed E-state index contributed by atoms with van der Waals surface area (Å²) in [4.78, 5) is 18.3. The summed E-state index contributed by atoms with van der Waals surface area (Å²) in [6.07, 6.45) is 9.67. The predicted molar refractivity (Wildman–Crippen MR) is 147 cm³/mol. The van der Waals surface area contributed by atoms with Gasteiger partial charge in [-0.2, -0.15) is 8.78 Å². The number of ketones is 1. The van der Waals surface area contributed by atoms with Gasteiger partial charge in [-0.3, -0.25) is 9.79 Å². The Morgan fingerprint density at radius 2 is 2.00 bits per heavy atom. The zero-order valence-electron chi connectivity index (χ0n) is 22.1. The number of halogens is 2. The van der Waals surface area contributed by atoms with Crippen LogP contribution in [0.15, 0.2) is 65.3 Å². The molecule has 3 aliphatic carbocycles. The SMILES string of the molecule is CC1C(=O)c2cccc(OC(F)F)c2[C@@H]2CC1(C)C1=Cc3ccc(C4=CN=C(C(C)(C)N)CC=C4)cc3C12. The van der Waals surface area contributed by atoms with E-state index < -0.39 is 12.2 Å². The number of nitrogens with two attached hydrogens (primary N) is 1. The van der Waals surface area contributed by atoms with E-state index >= 15 is 0 Å². The minimum atomic E-state index is -2.96. The van der Waals surface area contributed by atoms with Crippen molar-refractivity contribution in [3.05, 3.63) is 88.1 Å². The Morgan fingerprint density at radius 1 is 1.21 bits per heavy atom. The van der Waals surface area contributed by atoms with Crippen molar-refractivity contribution in [3.63, 3.8) is 0 Å². The lowest BCUT2D eigenvalue weighted by atomic mass is 9.70. The Kier molecular flexibility index (Phi) is 5.62. The van der Waals surface area contributed by atoms with Crippen molar-refractivity contribution < 1.29 is 18.3 Å². The molecule has 2 aromatic carbocycles. The van der Waals surface area contributed by atoms with Gasteiger partial charge in [-0.25, -0.2) is 0 Å². The van der Waals surface area contributed by atoms with Crippen LogP contribution in [0.1, 0.15) is 85.0 Å². The van der Waals surface area contributed by atoms with Crippen molar-refractivity contribution in [1.82, 2.24) is 0 Å². The standard InChI is InChI=1S/C32H32F2N2O2/c1-17-29(37)21-8-6-9-25(38-30(33)34)28(21)23-15-32(17,4)24-14-19-12-11-18(13-22(19)27(23)24)20-7-5-10-26(36-16-20)31(2,3)35/h5-9,11-14,16-17,23,27,30H,10,15,35H2,1-4H3/t17?,23-,27?,32?/m1/s1. The van der Waals surface area contributed by atoms with Gasteiger partial charge >= 0.3 is 6.61 Å². The number of allylic oxidation sites excluding steroid dienone is 4. The van der Waals surface area contributed by atoms with Gasteiger partial charge in [0.1, 0.15) is 5.75 Å². The molecule has 4 nitrogen and oxygen atoms in total. The van der Waals surface area contributed by atoms with Gasteiger partial charge < -0.3 is 10.5 Å². The van der Waals surface area contributed by atoms with E-state index in [0.29, 0.717) is 24.0 Å². The lowest BCUT2D eigenvalue weighted by Crippen LogP contribution is -2.41. The molecule has 0 spiro atoms. The van der Waals surface area contributed by atoms with Crippen molar-refractivity contribution in [2.75, 3.05) is 0 Å². The molecule has 0 amide bonds. The van der Waals surface area contributed by atoms with Gasteiger partial charge in [0.05, 0.1) is 0 Å². The molecule has 0 radical (unpaired) electrons. The Labute approximate surface area is 222 Å². The molecule has 38 heavy (non-hydrogen) atoms. The zero-order chi connectivity index (χ0) is 27.0. The van der Waals surface area contributed by atoms with Gasteiger partial charge in [0.25, 0.3) is 0 Å². The fraction of sp³-hybridized carbons (Fsp3) is 0.375. The van der Waals surface area contributed by atoms with Crippen LogP contribution in [0.5, 0.6) is 5.75 Å². The maximum atomic E-state index is 13.6. The first kappa shape index (κ1) is 24.9. The molecule has 2 aromatic rings. The van der Waals surface area contributed by atoms with Crippen LogP contribution in [0.4, 0.5) is 8.78 Å². The second kappa shape index (κ2) is 8.57. The molecule has 196 valence electrons. The Bertz CT molecular complexity index is 1480. The highest BCUT2D eigenvalue weighted by Gasteiger charge is 2.57. The van der Waals surface area contributed by atoms with Gasteiger partial charge in [0.15, 0.2) is 5.78 Å². The number of nitrogens with zero attached hydrogens (tertiary/aromatic N) is 1. The first-order valence-corrected chi connectivity index (χ1v) is 13.2. The average molecular weight is 515 g/mol. The van der Waals surface area contributed by atoms with Crippen LogP contribution in [-0.4, -0.2) is 23.6 Å². The zero-order valence-corrected chi connectivity index (χ0v) is 22.1. The molecule has 3 unspecified atom stereocenters. The minimum absolute atomic E-state index is 0.00838. The number of benzene rings is 2. The van der Waals surface area contributed by atoms with Crippen LogP contribution in [0.3, 0.4) is 0 Å². The number of fused-ring (bicyclic) bond motifs is 9. The van der Waals surface area contributed by atoms with E-state index in [2.05, 4.69) is 43.4 Å². The van der Waals surface area contributed by atoms with E-state index in [1.54, 1.807) is 18.2 Å². The van der Waals surface area contributed by atoms with Gasteiger partial charge in [0.2, 0.25) is 0 Å². The third kappa shape index (κ3) is 3.72. The number of ether oxygens (including phenoxy) is 1. The summed E-state index contributed by atoms with van der Waals surface area (Å²) >= 11 is 0. The molecule has 6 rings (SSSR count). The third-order valence-electron chi connectivity index (χ3n) is 9.09. The fourth-order valence-electron chi connectivity index (χ4n) is 6.93. The van der Waals surface area contributed by atoms with Crippen molar-refractivity contribution >= 4 is 23.1 Å². The highest BCUT2D eigenvalue weighted by Crippen LogP contribution is 2.67. The molecule has 2 N–H and O–H groups in total. The molecule has 1 saturated carbocycles. The van der Waals surface area contributed by atoms with E-state index in [4.69, 9.17) is 15.5 Å². The number of hydrogen-bond acceptors (Lipinski definition) is 4. The number of hydrogen-bond donors (Lipinski definition) is 1. The maximum absolute atomic E-state index is 13.6. The summed E-state index contributed by atoms with van der Waals surface area (Å²) in [5.41, 5.74) is 13.0. The van der Waals surface area contributed by atoms with E-state index in [-0.39, 0.29) is 34.7 Å². The van der Waals surface area contributed by atoms with E-state index in [9.17, 15) is 13.6 Å². The second-order valence-corrected chi connectivity index (χ2v) is 11.8. The number of Topliss-reactive ketones (excluding diaryl/α,β-unsaturated/α-hetero) is 1. The number of alkyl halides is 2. The second-order valence-electron chi connectivity index (χ2n) is 11.8. The molecule has 0 aromatic heterocycles. The average Bonchev–Trinajstić information content (AvgIpc) is 3.21. The van der Waals surface area contributed by atoms with Crippen LogP contribution in [0.2, 0.25) is 0 Å². The number of aliphatic imine (C=N–C) groups is 1. The number of carbonyl (C=O) groups is 1. The van der Waals surface area contributed by atoms with Gasteiger partial charge in [0, 0.05) is 46.8 Å². The maximum Gasteiger partial charge on any atom is 0.387 e. The van der Waals surface area contributed by atoms with Crippen LogP contribution in [0.25, 0.3) is 11.6 Å². The summed E-state index contributed by atoms with van der Waals surface area (Å²) < 4.78 is 31.9. The lowest BCUT2D eigenvalue weighted by Gasteiger charge is -2.32. The van der Waals surface area contributed by atoms with Crippen LogP contribution < -0.4 is 10.5 Å². The third-order valence-corrected chi connectivity index (χ3v) is 9.09. The van der Waals surface area contributed by atoms with Gasteiger partial charge in [-0.1, -0.05) is 61.9 Å². The normalized spacial score (nSPS) is 27.6. The summed E-state index contributed by atoms with van der Waals surface area (Å²) in [5, 5.41) is 0. The fourth-order valence-corrected chi connectivity index (χ4v) is 6.93. The van der Waals surface area contributed by atoms with Crippen LogP contribution in [0, 0.1) is 11.3 Å². The van der Waals surface area contributed by atoms with E-state index in [0.717, 1.165) is 28.0 Å². The molecular formula is C32H32F2N2O2. The first-order chi connectivity index (χ1) is 18.0. The summed E-state index contributed by atoms with van der Waals surface area (Å²) in [6, 6.07) is 11.4. The van der Waals surface area contributed by atoms with Gasteiger partial charge in [-0.15, -0.1) is 0 Å². The van der Waals surface area contributed by atoms with Crippen LogP contribution in [-0.2, 0) is 0 Å². The smallest absolute Gasteiger partial charge is 0.387 e. The largest absolute Gasteiger partial charge is 0.435 e. The highest BCUT2D eigenvalue weighted by atomic mass is 19.3. The molecule has 4 atom stereocenters. The summed E-state index contributed by atoms with van der Waals surface area (Å²) in [7, 11) is 0. The minimum Gasteiger partial charge on any atom is -0.435 e. The van der Waals surface area contributed by atoms with Crippen molar-refractivity contribution in [2.45, 2.75) is 64.5 Å². The molecule has 6 heteroatoms. The summed E-state index contributed by atoms with van der Waals surface area (Å²) in [6.45, 7) is 5.08. The highest BCUT2D eigenvalue weighted by molar-refractivity contribution is 6.02. The van der Waals surface area contributed by atoms with E-state index in [1.165, 1.54) is 5.57 Å². The monoisotopic (exact) mass is 514 g/mol. The topological polar surface area (TPSA) is 64.7 Å². The lowest BCUT2D eigenvalue weighted by molar-refractivity contribution is -0.0507. The quantitative estimate of drug-likeness (QED) is 0.467. The van der Waals surface area contributed by atoms with Crippen molar-refractivity contribution in [2.24, 2.45) is 22.1 Å². The Hall–Kier alpha value is -3.38. The number of carbonyl (C=O) groups excluding carboxylic acids is 1. The predicted octanol–water partition coefficient (Wildman–Crippen LogP) is 7.27. The Morgan fingerprint density at radius 3 is 2.74 bits per heavy atom. The molecule has 2 bridgehead atoms. The molecule has 1 fully saturated rings. The molecular weight excluding hydrogens is 482 g/mol. The number of rotatable bonds is 4. The van der Waals surface area contributed by atoms with Crippen molar-refractivity contribution in [1.29, 1.82) is 0 Å². The molecule has 4 aliphatic rings. The molecule has 0 saturated heterocycles. The first-order valence-electron chi connectivity index (χ1n) is 13.2. The summed E-state index contributed by atoms with van der Waals surface area (Å²) in [5.74, 6) is -0.324.